The molecule has 0 fully saturated rings. The molecule has 2 atom stereocenters. The average Bonchev–Trinajstić information content (AvgIpc) is 3.11. The molecule has 0 aliphatic rings. The highest BCUT2D eigenvalue weighted by molar-refractivity contribution is 5.71. The van der Waals surface area contributed by atoms with E-state index in [0.29, 0.717) is 19.3 Å². The first kappa shape index (κ1) is 49.4. The quantitative estimate of drug-likeness (QED) is 0.0357. The summed E-state index contributed by atoms with van der Waals surface area (Å²) in [6, 6.07) is 0. The highest BCUT2D eigenvalue weighted by Crippen LogP contribution is 2.17. The van der Waals surface area contributed by atoms with Crippen molar-refractivity contribution in [2.45, 2.75) is 246 Å². The molecule has 0 aliphatic carbocycles. The first-order valence-electron chi connectivity index (χ1n) is 22.3. The Balaban J connectivity index is 4.35. The van der Waals surface area contributed by atoms with E-state index in [0.717, 1.165) is 69.6 Å². The van der Waals surface area contributed by atoms with Gasteiger partial charge in [0.2, 0.25) is 0 Å². The number of hydrogen-bond acceptors (Lipinski definition) is 6. The zero-order valence-electron chi connectivity index (χ0n) is 34.7. The Bertz CT molecular complexity index is 781. The number of carbonyl (C=O) groups is 3. The van der Waals surface area contributed by atoms with Gasteiger partial charge >= 0.3 is 17.9 Å². The molecule has 302 valence electrons. The summed E-state index contributed by atoms with van der Waals surface area (Å²) in [5.74, 6) is 0.790. The summed E-state index contributed by atoms with van der Waals surface area (Å²) >= 11 is 0. The van der Waals surface area contributed by atoms with Gasteiger partial charge in [0.1, 0.15) is 13.2 Å². The molecule has 0 amide bonds. The van der Waals surface area contributed by atoms with Crippen molar-refractivity contribution >= 4 is 17.9 Å². The maximum absolute atomic E-state index is 12.7. The smallest absolute Gasteiger partial charge is 0.306 e. The molecule has 0 saturated carbocycles. The number of rotatable bonds is 39. The van der Waals surface area contributed by atoms with Gasteiger partial charge < -0.3 is 14.2 Å². The van der Waals surface area contributed by atoms with E-state index >= 15 is 0 Å². The highest BCUT2D eigenvalue weighted by Gasteiger charge is 2.19. The van der Waals surface area contributed by atoms with Gasteiger partial charge in [-0.15, -0.1) is 0 Å². The molecule has 0 radical (unpaired) electrons. The molecule has 0 aromatic rings. The fraction of sp³-hybridized carbons (Fsp3) is 0.933. The second-order valence-electron chi connectivity index (χ2n) is 16.1. The fourth-order valence-corrected chi connectivity index (χ4v) is 6.54. The first-order valence-corrected chi connectivity index (χ1v) is 22.3. The molecule has 0 aliphatic heterocycles. The fourth-order valence-electron chi connectivity index (χ4n) is 6.54. The normalized spacial score (nSPS) is 12.6. The topological polar surface area (TPSA) is 78.9 Å². The van der Waals surface area contributed by atoms with Crippen molar-refractivity contribution in [3.63, 3.8) is 0 Å². The number of carbonyl (C=O) groups excluding carboxylic acids is 3. The molecule has 0 rings (SSSR count). The van der Waals surface area contributed by atoms with Gasteiger partial charge in [-0.1, -0.05) is 202 Å². The van der Waals surface area contributed by atoms with Crippen LogP contribution in [0.15, 0.2) is 0 Å². The van der Waals surface area contributed by atoms with Gasteiger partial charge in [0.25, 0.3) is 0 Å². The van der Waals surface area contributed by atoms with Gasteiger partial charge in [0.15, 0.2) is 6.10 Å². The van der Waals surface area contributed by atoms with Crippen molar-refractivity contribution in [1.29, 1.82) is 0 Å². The lowest BCUT2D eigenvalue weighted by atomic mass is 9.99. The van der Waals surface area contributed by atoms with Gasteiger partial charge in [0.05, 0.1) is 0 Å². The van der Waals surface area contributed by atoms with Gasteiger partial charge in [-0.2, -0.15) is 0 Å². The minimum atomic E-state index is -0.760. The average molecular weight is 723 g/mol. The second kappa shape index (κ2) is 38.1. The molecule has 0 heterocycles. The predicted molar refractivity (Wildman–Crippen MR) is 215 cm³/mol. The number of hydrogen-bond donors (Lipinski definition) is 0. The lowest BCUT2D eigenvalue weighted by Gasteiger charge is -2.18. The second-order valence-corrected chi connectivity index (χ2v) is 16.1. The Hall–Kier alpha value is -1.59. The molecule has 6 nitrogen and oxygen atoms in total. The summed E-state index contributed by atoms with van der Waals surface area (Å²) in [7, 11) is 0. The standard InChI is InChI=1S/C45H86O6/c1-6-8-9-10-11-13-20-25-30-35-43(46)49-38-42(51-45(48)37-32-27-22-17-16-19-24-29-34-41(5)7-2)39-50-44(47)36-31-26-21-15-12-14-18-23-28-33-40(3)4/h40-42H,6-39H2,1-5H3/t41?,42-/m1/s1. The minimum absolute atomic E-state index is 0.0657. The van der Waals surface area contributed by atoms with Gasteiger partial charge in [-0.05, 0) is 31.1 Å². The van der Waals surface area contributed by atoms with Crippen LogP contribution in [0.4, 0.5) is 0 Å². The van der Waals surface area contributed by atoms with Crippen LogP contribution in [0.5, 0.6) is 0 Å². The molecule has 1 unspecified atom stereocenters. The van der Waals surface area contributed by atoms with E-state index in [1.165, 1.54) is 128 Å². The highest BCUT2D eigenvalue weighted by atomic mass is 16.6. The van der Waals surface area contributed by atoms with Crippen molar-refractivity contribution in [2.24, 2.45) is 11.8 Å². The van der Waals surface area contributed by atoms with Crippen molar-refractivity contribution < 1.29 is 28.6 Å². The molecule has 0 saturated heterocycles. The Morgan fingerprint density at radius 2 is 0.745 bits per heavy atom. The third kappa shape index (κ3) is 38.0. The SMILES string of the molecule is CCCCCCCCCCCC(=O)OC[C@H](COC(=O)CCCCCCCCCCCC(C)C)OC(=O)CCCCCCCCCCC(C)CC. The van der Waals surface area contributed by atoms with E-state index in [-0.39, 0.29) is 31.1 Å². The Kier molecular flexibility index (Phi) is 37.0. The van der Waals surface area contributed by atoms with Crippen LogP contribution in [0.3, 0.4) is 0 Å². The first-order chi connectivity index (χ1) is 24.8. The molecule has 6 heteroatoms. The molecular formula is C45H86O6. The molecule has 0 bridgehead atoms. The van der Waals surface area contributed by atoms with Crippen LogP contribution < -0.4 is 0 Å². The summed E-state index contributed by atoms with van der Waals surface area (Å²) in [4.78, 5) is 37.6. The molecule has 0 spiro atoms. The van der Waals surface area contributed by atoms with E-state index < -0.39 is 6.10 Å². The Morgan fingerprint density at radius 3 is 1.12 bits per heavy atom. The largest absolute Gasteiger partial charge is 0.462 e. The van der Waals surface area contributed by atoms with Gasteiger partial charge in [-0.25, -0.2) is 0 Å². The summed E-state index contributed by atoms with van der Waals surface area (Å²) in [5, 5.41) is 0. The van der Waals surface area contributed by atoms with Crippen LogP contribution in [0.2, 0.25) is 0 Å². The van der Waals surface area contributed by atoms with E-state index in [1.807, 2.05) is 0 Å². The van der Waals surface area contributed by atoms with Crippen LogP contribution in [0.1, 0.15) is 240 Å². The van der Waals surface area contributed by atoms with Gasteiger partial charge in [-0.3, -0.25) is 14.4 Å². The van der Waals surface area contributed by atoms with Crippen molar-refractivity contribution in [3.8, 4) is 0 Å². The monoisotopic (exact) mass is 723 g/mol. The van der Waals surface area contributed by atoms with E-state index in [9.17, 15) is 14.4 Å². The number of ether oxygens (including phenoxy) is 3. The minimum Gasteiger partial charge on any atom is -0.462 e. The number of esters is 3. The predicted octanol–water partition coefficient (Wildman–Crippen LogP) is 13.8. The molecule has 51 heavy (non-hydrogen) atoms. The van der Waals surface area contributed by atoms with Crippen LogP contribution in [-0.2, 0) is 28.6 Å². The molecule has 0 N–H and O–H groups in total. The Morgan fingerprint density at radius 1 is 0.412 bits per heavy atom. The summed E-state index contributed by atoms with van der Waals surface area (Å²) in [5.41, 5.74) is 0. The molecule has 0 aromatic heterocycles. The zero-order chi connectivity index (χ0) is 37.6. The molecular weight excluding hydrogens is 636 g/mol. The number of unbranched alkanes of at least 4 members (excludes halogenated alkanes) is 23. The third-order valence-electron chi connectivity index (χ3n) is 10.3. The van der Waals surface area contributed by atoms with Crippen molar-refractivity contribution in [2.75, 3.05) is 13.2 Å². The maximum atomic E-state index is 12.7. The van der Waals surface area contributed by atoms with Crippen LogP contribution in [0.25, 0.3) is 0 Å². The van der Waals surface area contributed by atoms with E-state index in [2.05, 4.69) is 34.6 Å². The Labute approximate surface area is 317 Å². The van der Waals surface area contributed by atoms with Crippen LogP contribution in [0, 0.1) is 11.8 Å². The van der Waals surface area contributed by atoms with E-state index in [4.69, 9.17) is 14.2 Å². The van der Waals surface area contributed by atoms with Crippen LogP contribution >= 0.6 is 0 Å². The van der Waals surface area contributed by atoms with Crippen molar-refractivity contribution in [3.05, 3.63) is 0 Å². The molecule has 0 aromatic carbocycles. The van der Waals surface area contributed by atoms with Crippen LogP contribution in [-0.4, -0.2) is 37.2 Å². The maximum Gasteiger partial charge on any atom is 0.306 e. The van der Waals surface area contributed by atoms with Crippen molar-refractivity contribution in [1.82, 2.24) is 0 Å². The third-order valence-corrected chi connectivity index (χ3v) is 10.3. The lowest BCUT2D eigenvalue weighted by Crippen LogP contribution is -2.30. The lowest BCUT2D eigenvalue weighted by molar-refractivity contribution is -0.167. The summed E-state index contributed by atoms with van der Waals surface area (Å²) < 4.78 is 16.7. The zero-order valence-corrected chi connectivity index (χ0v) is 34.7. The van der Waals surface area contributed by atoms with E-state index in [1.54, 1.807) is 0 Å². The van der Waals surface area contributed by atoms with Gasteiger partial charge in [0, 0.05) is 19.3 Å². The summed E-state index contributed by atoms with van der Waals surface area (Å²) in [6.07, 6.45) is 35.1. The summed E-state index contributed by atoms with van der Waals surface area (Å²) in [6.45, 7) is 11.3.